The number of nitrogens with zero attached hydrogens (tertiary/aromatic N) is 5. The predicted molar refractivity (Wildman–Crippen MR) is 120 cm³/mol. The van der Waals surface area contributed by atoms with Crippen LogP contribution >= 0.6 is 0 Å². The fraction of sp³-hybridized carbons (Fsp3) is 0.652. The highest BCUT2D eigenvalue weighted by atomic mass is 19.3. The number of halogens is 2. The molecule has 1 saturated carbocycles. The van der Waals surface area contributed by atoms with E-state index in [0.717, 1.165) is 11.3 Å². The Morgan fingerprint density at radius 2 is 2.06 bits per heavy atom. The minimum atomic E-state index is -2.57. The summed E-state index contributed by atoms with van der Waals surface area (Å²) in [7, 11) is 1.92. The molecule has 4 aliphatic rings. The van der Waals surface area contributed by atoms with Crippen LogP contribution in [0.2, 0.25) is 0 Å². The molecule has 1 aromatic heterocycles. The minimum absolute atomic E-state index is 0.0325. The second-order valence-corrected chi connectivity index (χ2v) is 9.97. The molecule has 0 radical (unpaired) electrons. The van der Waals surface area contributed by atoms with Gasteiger partial charge in [-0.05, 0) is 32.8 Å². The number of rotatable bonds is 4. The summed E-state index contributed by atoms with van der Waals surface area (Å²) in [5.74, 6) is -1.85. The molecule has 1 unspecified atom stereocenters. The smallest absolute Gasteiger partial charge is 0.248 e. The van der Waals surface area contributed by atoms with E-state index in [1.807, 2.05) is 31.3 Å². The number of hydrazone groups is 1. The molecule has 0 spiro atoms. The summed E-state index contributed by atoms with van der Waals surface area (Å²) >= 11 is 0. The number of hydrogen-bond donors (Lipinski definition) is 1. The predicted octanol–water partition coefficient (Wildman–Crippen LogP) is 3.24. The van der Waals surface area contributed by atoms with Gasteiger partial charge in [0.1, 0.15) is 11.5 Å². The van der Waals surface area contributed by atoms with Gasteiger partial charge >= 0.3 is 0 Å². The van der Waals surface area contributed by atoms with Crippen molar-refractivity contribution in [1.29, 1.82) is 0 Å². The van der Waals surface area contributed by atoms with Crippen molar-refractivity contribution in [1.82, 2.24) is 20.1 Å². The lowest BCUT2D eigenvalue weighted by molar-refractivity contribution is -0.119. The van der Waals surface area contributed by atoms with Crippen molar-refractivity contribution in [3.8, 4) is 0 Å². The third-order valence-corrected chi connectivity index (χ3v) is 7.28. The van der Waals surface area contributed by atoms with Crippen LogP contribution in [0.5, 0.6) is 0 Å². The zero-order valence-electron chi connectivity index (χ0n) is 19.2. The number of aromatic nitrogens is 2. The molecule has 1 amide bonds. The van der Waals surface area contributed by atoms with Gasteiger partial charge in [0.25, 0.3) is 0 Å². The third-order valence-electron chi connectivity index (χ3n) is 7.28. The van der Waals surface area contributed by atoms with E-state index in [-0.39, 0.29) is 36.8 Å². The first-order valence-corrected chi connectivity index (χ1v) is 11.6. The number of amides is 1. The summed E-state index contributed by atoms with van der Waals surface area (Å²) in [4.78, 5) is 16.5. The lowest BCUT2D eigenvalue weighted by Gasteiger charge is -2.32. The largest absolute Gasteiger partial charge is 0.477 e. The first kappa shape index (κ1) is 22.0. The summed E-state index contributed by atoms with van der Waals surface area (Å²) in [6.45, 7) is 5.29. The van der Waals surface area contributed by atoms with Crippen molar-refractivity contribution in [2.45, 2.75) is 64.0 Å². The molecule has 3 aliphatic heterocycles. The molecule has 10 heteroatoms. The monoisotopic (exact) mass is 460 g/mol. The summed E-state index contributed by atoms with van der Waals surface area (Å²) in [6.07, 6.45) is 6.43. The van der Waals surface area contributed by atoms with Crippen LogP contribution in [0, 0.1) is 11.3 Å². The number of hydrogen-bond acceptors (Lipinski definition) is 6. The molecular weight excluding hydrogens is 430 g/mol. The van der Waals surface area contributed by atoms with Crippen LogP contribution in [0.25, 0.3) is 5.70 Å². The second-order valence-electron chi connectivity index (χ2n) is 9.97. The quantitative estimate of drug-likeness (QED) is 0.748. The van der Waals surface area contributed by atoms with E-state index < -0.39 is 11.3 Å². The maximum atomic E-state index is 13.6. The van der Waals surface area contributed by atoms with Crippen molar-refractivity contribution >= 4 is 23.2 Å². The molecule has 4 heterocycles. The third kappa shape index (κ3) is 4.15. The van der Waals surface area contributed by atoms with Crippen molar-refractivity contribution in [3.05, 3.63) is 24.0 Å². The van der Waals surface area contributed by atoms with Gasteiger partial charge in [0.2, 0.25) is 17.7 Å². The van der Waals surface area contributed by atoms with Gasteiger partial charge < -0.3 is 10.1 Å². The molecular formula is C23H30F2N6O2. The number of nitrogens with one attached hydrogen (secondary N) is 1. The molecule has 0 aromatic carbocycles. The maximum Gasteiger partial charge on any atom is 0.248 e. The SMILES string of the molecule is C[C@@H](OC1=NC(c2cnn(C3CCC(F)(F)CC3)c2)=CC2=NN(C)CC21C)[C@H]1CNC(=O)C1. The topological polar surface area (TPSA) is 84.1 Å². The Labute approximate surface area is 191 Å². The molecule has 1 aliphatic carbocycles. The molecule has 2 fully saturated rings. The summed E-state index contributed by atoms with van der Waals surface area (Å²) in [5, 5.41) is 13.9. The molecule has 3 atom stereocenters. The van der Waals surface area contributed by atoms with Gasteiger partial charge in [0.15, 0.2) is 0 Å². The van der Waals surface area contributed by atoms with Gasteiger partial charge in [-0.3, -0.25) is 14.5 Å². The zero-order chi connectivity index (χ0) is 23.4. The fourth-order valence-electron chi connectivity index (χ4n) is 5.12. The van der Waals surface area contributed by atoms with E-state index in [9.17, 15) is 13.6 Å². The van der Waals surface area contributed by atoms with Gasteiger partial charge in [0, 0.05) is 50.5 Å². The first-order valence-electron chi connectivity index (χ1n) is 11.6. The summed E-state index contributed by atoms with van der Waals surface area (Å²) in [5.41, 5.74) is 1.88. The van der Waals surface area contributed by atoms with Crippen molar-refractivity contribution in [3.63, 3.8) is 0 Å². The van der Waals surface area contributed by atoms with Gasteiger partial charge in [-0.25, -0.2) is 13.8 Å². The zero-order valence-corrected chi connectivity index (χ0v) is 19.2. The van der Waals surface area contributed by atoms with E-state index in [0.29, 0.717) is 43.9 Å². The number of ether oxygens (including phenoxy) is 1. The van der Waals surface area contributed by atoms with E-state index in [1.165, 1.54) is 0 Å². The van der Waals surface area contributed by atoms with Gasteiger partial charge in [0.05, 0.1) is 30.2 Å². The van der Waals surface area contributed by atoms with Gasteiger partial charge in [-0.2, -0.15) is 10.2 Å². The van der Waals surface area contributed by atoms with E-state index in [1.54, 1.807) is 10.9 Å². The number of fused-ring (bicyclic) bond motifs is 1. The molecule has 178 valence electrons. The Bertz CT molecular complexity index is 1040. The van der Waals surface area contributed by atoms with Gasteiger partial charge in [-0.15, -0.1) is 0 Å². The lowest BCUT2D eigenvalue weighted by atomic mass is 9.82. The molecule has 0 bridgehead atoms. The van der Waals surface area contributed by atoms with Crippen LogP contribution in [0.15, 0.2) is 28.6 Å². The minimum Gasteiger partial charge on any atom is -0.477 e. The number of alkyl halides is 2. The normalized spacial score (nSPS) is 30.3. The summed E-state index contributed by atoms with van der Waals surface area (Å²) < 4.78 is 35.3. The number of carbonyl (C=O) groups is 1. The van der Waals surface area contributed by atoms with Crippen molar-refractivity contribution in [2.75, 3.05) is 20.1 Å². The standard InChI is InChI=1S/C23H30F2N6O2/c1-14(15-8-20(32)26-10-15)33-21-22(2)13-30(3)29-19(22)9-18(28-21)16-11-27-31(12-16)17-4-6-23(24,25)7-5-17/h9,11-12,14-15,17H,4-8,10,13H2,1-3H3,(H,26,32)/t14-,15-,22?/m1/s1. The molecule has 1 N–H and O–H groups in total. The molecule has 1 saturated heterocycles. The Kier molecular flexibility index (Phi) is 5.29. The number of carbonyl (C=O) groups excluding carboxylic acids is 1. The van der Waals surface area contributed by atoms with E-state index in [2.05, 4.69) is 22.4 Å². The van der Waals surface area contributed by atoms with Gasteiger partial charge in [-0.1, -0.05) is 0 Å². The fourth-order valence-corrected chi connectivity index (χ4v) is 5.12. The second kappa shape index (κ2) is 7.92. The molecule has 8 nitrogen and oxygen atoms in total. The van der Waals surface area contributed by atoms with Crippen LogP contribution in [0.4, 0.5) is 8.78 Å². The maximum absolute atomic E-state index is 13.6. The Morgan fingerprint density at radius 1 is 1.30 bits per heavy atom. The van der Waals surface area contributed by atoms with Crippen LogP contribution in [0.1, 0.15) is 57.6 Å². The highest BCUT2D eigenvalue weighted by Gasteiger charge is 2.46. The first-order chi connectivity index (χ1) is 15.6. The van der Waals surface area contributed by atoms with E-state index in [4.69, 9.17) is 9.73 Å². The lowest BCUT2D eigenvalue weighted by Crippen LogP contribution is -2.43. The van der Waals surface area contributed by atoms with Crippen LogP contribution in [-0.4, -0.2) is 64.5 Å². The Balaban J connectivity index is 1.40. The molecule has 5 rings (SSSR count). The molecule has 1 aromatic rings. The van der Waals surface area contributed by atoms with Crippen LogP contribution in [-0.2, 0) is 9.53 Å². The van der Waals surface area contributed by atoms with Crippen molar-refractivity contribution < 1.29 is 18.3 Å². The summed E-state index contributed by atoms with van der Waals surface area (Å²) in [6, 6.07) is -0.0325. The average molecular weight is 461 g/mol. The van der Waals surface area contributed by atoms with Crippen LogP contribution < -0.4 is 5.32 Å². The highest BCUT2D eigenvalue weighted by molar-refractivity contribution is 6.20. The molecule has 33 heavy (non-hydrogen) atoms. The highest BCUT2D eigenvalue weighted by Crippen LogP contribution is 2.40. The van der Waals surface area contributed by atoms with E-state index >= 15 is 0 Å². The Hall–Kier alpha value is -2.78. The number of aliphatic imine (C=N–C) groups is 1. The Morgan fingerprint density at radius 3 is 2.76 bits per heavy atom. The van der Waals surface area contributed by atoms with Crippen molar-refractivity contribution in [2.24, 2.45) is 21.4 Å². The van der Waals surface area contributed by atoms with Crippen LogP contribution in [0.3, 0.4) is 0 Å². The average Bonchev–Trinajstić information content (AvgIpc) is 3.46. The number of allylic oxidation sites excluding steroid dienone is 1.